The van der Waals surface area contributed by atoms with Gasteiger partial charge in [0.2, 0.25) is 22.7 Å². The lowest BCUT2D eigenvalue weighted by Crippen LogP contribution is -2.27. The Balaban J connectivity index is 1.38. The van der Waals surface area contributed by atoms with Crippen LogP contribution >= 0.6 is 0 Å². The van der Waals surface area contributed by atoms with Crippen molar-refractivity contribution in [3.63, 3.8) is 0 Å². The van der Waals surface area contributed by atoms with Crippen molar-refractivity contribution in [3.05, 3.63) is 71.8 Å². The molecule has 8 heteroatoms. The fourth-order valence-corrected chi connectivity index (χ4v) is 5.36. The first kappa shape index (κ1) is 22.4. The number of aryl methyl sites for hydroxylation is 1. The van der Waals surface area contributed by atoms with Crippen LogP contribution in [0.5, 0.6) is 11.5 Å². The fourth-order valence-electron chi connectivity index (χ4n) is 4.31. The quantitative estimate of drug-likeness (QED) is 0.526. The summed E-state index contributed by atoms with van der Waals surface area (Å²) in [4.78, 5) is 13.5. The summed E-state index contributed by atoms with van der Waals surface area (Å²) in [5, 5.41) is 3.08. The topological polar surface area (TPSA) is 93.7 Å². The minimum Gasteiger partial charge on any atom is -0.454 e. The average molecular weight is 479 g/mol. The van der Waals surface area contributed by atoms with Crippen molar-refractivity contribution in [1.29, 1.82) is 0 Å². The minimum absolute atomic E-state index is 0.0479. The number of sulfonamides is 1. The number of fused-ring (bicyclic) bond motifs is 1. The molecule has 0 aromatic heterocycles. The Morgan fingerprint density at radius 2 is 1.71 bits per heavy atom. The SMILES string of the molecule is CCNS(=O)(=O)c1ccc(-c2cc(NC(=O)C3(c4ccc5c(c4)OCO5)CC3)ccc2C)cc1. The van der Waals surface area contributed by atoms with E-state index in [1.165, 1.54) is 0 Å². The molecule has 2 N–H and O–H groups in total. The Hall–Kier alpha value is -3.36. The normalized spacial score (nSPS) is 15.7. The first-order chi connectivity index (χ1) is 16.3. The molecule has 3 aromatic rings. The summed E-state index contributed by atoms with van der Waals surface area (Å²) in [5.41, 5.74) is 3.89. The van der Waals surface area contributed by atoms with E-state index >= 15 is 0 Å². The van der Waals surface area contributed by atoms with E-state index < -0.39 is 15.4 Å². The molecule has 0 unspecified atom stereocenters. The van der Waals surface area contributed by atoms with Gasteiger partial charge in [0.1, 0.15) is 0 Å². The Kier molecular flexibility index (Phi) is 5.58. The van der Waals surface area contributed by atoms with Gasteiger partial charge in [0.25, 0.3) is 0 Å². The fraction of sp³-hybridized carbons (Fsp3) is 0.269. The number of nitrogens with one attached hydrogen (secondary N) is 2. The van der Waals surface area contributed by atoms with Crippen LogP contribution in [0.4, 0.5) is 5.69 Å². The van der Waals surface area contributed by atoms with E-state index in [-0.39, 0.29) is 17.6 Å². The highest BCUT2D eigenvalue weighted by Gasteiger charge is 2.51. The molecule has 0 bridgehead atoms. The molecule has 0 atom stereocenters. The molecule has 1 aliphatic carbocycles. The van der Waals surface area contributed by atoms with Crippen LogP contribution in [0.25, 0.3) is 11.1 Å². The van der Waals surface area contributed by atoms with E-state index in [0.29, 0.717) is 23.7 Å². The van der Waals surface area contributed by atoms with Crippen molar-refractivity contribution in [2.75, 3.05) is 18.7 Å². The standard InChI is InChI=1S/C26H26N2O5S/c1-3-27-34(30,31)21-9-5-18(6-10-21)22-15-20(8-4-17(22)2)28-25(29)26(12-13-26)19-7-11-23-24(14-19)33-16-32-23/h4-11,14-15,27H,3,12-13,16H2,1-2H3,(H,28,29). The molecule has 5 rings (SSSR count). The van der Waals surface area contributed by atoms with Crippen molar-refractivity contribution in [1.82, 2.24) is 4.72 Å². The number of carbonyl (C=O) groups is 1. The predicted molar refractivity (Wildman–Crippen MR) is 130 cm³/mol. The first-order valence-electron chi connectivity index (χ1n) is 11.2. The molecule has 2 aliphatic rings. The van der Waals surface area contributed by atoms with E-state index in [1.54, 1.807) is 31.2 Å². The largest absolute Gasteiger partial charge is 0.454 e. The summed E-state index contributed by atoms with van der Waals surface area (Å²) < 4.78 is 37.8. The maximum Gasteiger partial charge on any atom is 0.240 e. The Labute approximate surface area is 199 Å². The molecule has 176 valence electrons. The molecule has 1 amide bonds. The van der Waals surface area contributed by atoms with E-state index in [1.807, 2.05) is 43.3 Å². The zero-order chi connectivity index (χ0) is 23.9. The molecule has 1 aliphatic heterocycles. The Morgan fingerprint density at radius 1 is 0.971 bits per heavy atom. The van der Waals surface area contributed by atoms with Gasteiger partial charge < -0.3 is 14.8 Å². The van der Waals surface area contributed by atoms with E-state index in [4.69, 9.17) is 9.47 Å². The summed E-state index contributed by atoms with van der Waals surface area (Å²) in [6, 6.07) is 18.2. The van der Waals surface area contributed by atoms with Gasteiger partial charge >= 0.3 is 0 Å². The number of carbonyl (C=O) groups excluding carboxylic acids is 1. The summed E-state index contributed by atoms with van der Waals surface area (Å²) >= 11 is 0. The van der Waals surface area contributed by atoms with Gasteiger partial charge in [0, 0.05) is 12.2 Å². The summed E-state index contributed by atoms with van der Waals surface area (Å²) in [6.45, 7) is 4.26. The lowest BCUT2D eigenvalue weighted by atomic mass is 9.94. The molecule has 0 saturated heterocycles. The second-order valence-corrected chi connectivity index (χ2v) is 10.4. The molecule has 34 heavy (non-hydrogen) atoms. The summed E-state index contributed by atoms with van der Waals surface area (Å²) in [5.74, 6) is 1.33. The van der Waals surface area contributed by atoms with Crippen molar-refractivity contribution >= 4 is 21.6 Å². The molecule has 0 radical (unpaired) electrons. The van der Waals surface area contributed by atoms with Crippen LogP contribution in [0.1, 0.15) is 30.9 Å². The third-order valence-corrected chi connectivity index (χ3v) is 7.98. The van der Waals surface area contributed by atoms with Crippen LogP contribution in [-0.4, -0.2) is 27.7 Å². The highest BCUT2D eigenvalue weighted by atomic mass is 32.2. The Bertz CT molecular complexity index is 1360. The van der Waals surface area contributed by atoms with E-state index in [9.17, 15) is 13.2 Å². The highest BCUT2D eigenvalue weighted by Crippen LogP contribution is 2.51. The van der Waals surface area contributed by atoms with E-state index in [0.717, 1.165) is 35.1 Å². The van der Waals surface area contributed by atoms with Crippen molar-refractivity contribution in [2.45, 2.75) is 37.0 Å². The zero-order valence-electron chi connectivity index (χ0n) is 19.1. The summed E-state index contributed by atoms with van der Waals surface area (Å²) in [7, 11) is -3.51. The number of hydrogen-bond acceptors (Lipinski definition) is 5. The molecule has 1 heterocycles. The lowest BCUT2D eigenvalue weighted by Gasteiger charge is -2.17. The van der Waals surface area contributed by atoms with Gasteiger partial charge in [-0.15, -0.1) is 0 Å². The Morgan fingerprint density at radius 3 is 2.41 bits per heavy atom. The van der Waals surface area contributed by atoms with Crippen LogP contribution in [-0.2, 0) is 20.2 Å². The number of anilines is 1. The second-order valence-electron chi connectivity index (χ2n) is 8.66. The minimum atomic E-state index is -3.51. The van der Waals surface area contributed by atoms with Gasteiger partial charge in [-0.2, -0.15) is 0 Å². The third-order valence-electron chi connectivity index (χ3n) is 6.42. The lowest BCUT2D eigenvalue weighted by molar-refractivity contribution is -0.118. The molecule has 3 aromatic carbocycles. The molecule has 1 fully saturated rings. The van der Waals surface area contributed by atoms with Gasteiger partial charge in [0.05, 0.1) is 10.3 Å². The third kappa shape index (κ3) is 4.03. The number of hydrogen-bond donors (Lipinski definition) is 2. The summed E-state index contributed by atoms with van der Waals surface area (Å²) in [6.07, 6.45) is 1.55. The highest BCUT2D eigenvalue weighted by molar-refractivity contribution is 7.89. The van der Waals surface area contributed by atoms with Gasteiger partial charge in [-0.3, -0.25) is 4.79 Å². The number of rotatable bonds is 7. The molecule has 1 saturated carbocycles. The van der Waals surface area contributed by atoms with Crippen LogP contribution in [0.3, 0.4) is 0 Å². The van der Waals surface area contributed by atoms with Gasteiger partial charge in [0.15, 0.2) is 11.5 Å². The van der Waals surface area contributed by atoms with E-state index in [2.05, 4.69) is 10.0 Å². The van der Waals surface area contributed by atoms with Crippen LogP contribution in [0, 0.1) is 6.92 Å². The maximum atomic E-state index is 13.3. The smallest absolute Gasteiger partial charge is 0.240 e. The number of amides is 1. The number of ether oxygens (including phenoxy) is 2. The van der Waals surface area contributed by atoms with Crippen molar-refractivity contribution in [2.24, 2.45) is 0 Å². The molecular formula is C26H26N2O5S. The van der Waals surface area contributed by atoms with Gasteiger partial charge in [-0.25, -0.2) is 13.1 Å². The molecular weight excluding hydrogens is 452 g/mol. The average Bonchev–Trinajstić information content (AvgIpc) is 3.51. The van der Waals surface area contributed by atoms with Gasteiger partial charge in [-0.05, 0) is 78.4 Å². The van der Waals surface area contributed by atoms with Crippen LogP contribution in [0.15, 0.2) is 65.6 Å². The second kappa shape index (κ2) is 8.45. The van der Waals surface area contributed by atoms with Gasteiger partial charge in [-0.1, -0.05) is 31.2 Å². The van der Waals surface area contributed by atoms with Crippen LogP contribution < -0.4 is 19.5 Å². The predicted octanol–water partition coefficient (Wildman–Crippen LogP) is 4.36. The van der Waals surface area contributed by atoms with Crippen molar-refractivity contribution < 1.29 is 22.7 Å². The maximum absolute atomic E-state index is 13.3. The van der Waals surface area contributed by atoms with Crippen LogP contribution in [0.2, 0.25) is 0 Å². The first-order valence-corrected chi connectivity index (χ1v) is 12.7. The zero-order valence-corrected chi connectivity index (χ0v) is 19.9. The van der Waals surface area contributed by atoms with Crippen molar-refractivity contribution in [3.8, 4) is 22.6 Å². The molecule has 7 nitrogen and oxygen atoms in total. The number of benzene rings is 3. The molecule has 0 spiro atoms. The monoisotopic (exact) mass is 478 g/mol.